The van der Waals surface area contributed by atoms with Crippen molar-refractivity contribution >= 4 is 21.5 Å². The molecule has 2 aliphatic rings. The molecule has 27 heavy (non-hydrogen) atoms. The van der Waals surface area contributed by atoms with Gasteiger partial charge >= 0.3 is 0 Å². The minimum Gasteiger partial charge on any atom is -0.460 e. The maximum atomic E-state index is 6.43. The van der Waals surface area contributed by atoms with Crippen molar-refractivity contribution in [1.82, 2.24) is 0 Å². The molecule has 3 aromatic rings. The molecule has 0 N–H and O–H groups in total. The van der Waals surface area contributed by atoms with E-state index in [2.05, 4.69) is 54.6 Å². The normalized spacial score (nSPS) is 24.2. The zero-order valence-electron chi connectivity index (χ0n) is 15.5. The summed E-state index contributed by atoms with van der Waals surface area (Å²) < 4.78 is 23.6. The summed E-state index contributed by atoms with van der Waals surface area (Å²) in [6.45, 7) is 0.466. The first-order valence-corrected chi connectivity index (χ1v) is 9.27. The molecule has 0 unspecified atom stereocenters. The van der Waals surface area contributed by atoms with E-state index in [1.54, 1.807) is 14.2 Å². The van der Waals surface area contributed by atoms with E-state index in [1.165, 1.54) is 21.7 Å². The van der Waals surface area contributed by atoms with Crippen LogP contribution in [0.4, 0.5) is 0 Å². The second-order valence-corrected chi connectivity index (χ2v) is 7.10. The summed E-state index contributed by atoms with van der Waals surface area (Å²) in [6, 6.07) is 17.0. The van der Waals surface area contributed by atoms with Crippen molar-refractivity contribution in [3.63, 3.8) is 0 Å². The summed E-state index contributed by atoms with van der Waals surface area (Å²) in [5.74, 6) is 0.929. The van der Waals surface area contributed by atoms with Gasteiger partial charge in [0.15, 0.2) is 0 Å². The molecule has 0 radical (unpaired) electrons. The van der Waals surface area contributed by atoms with E-state index in [-0.39, 0.29) is 12.2 Å². The van der Waals surface area contributed by atoms with Gasteiger partial charge in [-0.05, 0) is 22.2 Å². The highest BCUT2D eigenvalue weighted by molar-refractivity contribution is 6.12. The van der Waals surface area contributed by atoms with Crippen LogP contribution in [-0.4, -0.2) is 39.3 Å². The summed E-state index contributed by atoms with van der Waals surface area (Å²) >= 11 is 0. The van der Waals surface area contributed by atoms with Gasteiger partial charge in [-0.1, -0.05) is 48.5 Å². The summed E-state index contributed by atoms with van der Waals surface area (Å²) in [6.07, 6.45) is 2.24. The fourth-order valence-corrected chi connectivity index (χ4v) is 4.29. The van der Waals surface area contributed by atoms with Crippen LogP contribution in [0.5, 0.6) is 5.75 Å². The average molecular weight is 362 g/mol. The highest BCUT2D eigenvalue weighted by Gasteiger charge is 2.37. The van der Waals surface area contributed by atoms with Crippen molar-refractivity contribution in [3.05, 3.63) is 65.7 Å². The van der Waals surface area contributed by atoms with Gasteiger partial charge in [-0.3, -0.25) is 0 Å². The molecule has 3 atom stereocenters. The molecule has 0 saturated carbocycles. The lowest BCUT2D eigenvalue weighted by molar-refractivity contribution is -0.161. The Kier molecular flexibility index (Phi) is 4.12. The summed E-state index contributed by atoms with van der Waals surface area (Å²) in [4.78, 5) is 0. The van der Waals surface area contributed by atoms with Crippen LogP contribution in [0, 0.1) is 0 Å². The average Bonchev–Trinajstić information content (AvgIpc) is 2.72. The molecule has 2 aliphatic heterocycles. The van der Waals surface area contributed by atoms with E-state index in [0.29, 0.717) is 6.61 Å². The van der Waals surface area contributed by atoms with Crippen LogP contribution in [0.25, 0.3) is 21.5 Å². The second-order valence-electron chi connectivity index (χ2n) is 7.10. The minimum absolute atomic E-state index is 0.131. The van der Waals surface area contributed by atoms with Crippen LogP contribution in [0.15, 0.2) is 60.2 Å². The molecule has 0 aromatic heterocycles. The quantitative estimate of drug-likeness (QED) is 0.516. The summed E-state index contributed by atoms with van der Waals surface area (Å²) in [7, 11) is 3.38. The molecule has 138 valence electrons. The third-order valence-electron chi connectivity index (χ3n) is 5.54. The van der Waals surface area contributed by atoms with E-state index in [1.807, 2.05) is 0 Å². The zero-order chi connectivity index (χ0) is 18.4. The Morgan fingerprint density at radius 1 is 0.926 bits per heavy atom. The zero-order valence-corrected chi connectivity index (χ0v) is 15.5. The predicted octanol–water partition coefficient (Wildman–Crippen LogP) is 4.24. The number of benzene rings is 3. The van der Waals surface area contributed by atoms with E-state index >= 15 is 0 Å². The van der Waals surface area contributed by atoms with E-state index < -0.39 is 6.29 Å². The number of hydrogen-bond acceptors (Lipinski definition) is 4. The van der Waals surface area contributed by atoms with Crippen LogP contribution >= 0.6 is 0 Å². The van der Waals surface area contributed by atoms with Gasteiger partial charge < -0.3 is 18.9 Å². The van der Waals surface area contributed by atoms with E-state index in [9.17, 15) is 0 Å². The van der Waals surface area contributed by atoms with Crippen molar-refractivity contribution in [3.8, 4) is 5.75 Å². The molecular weight excluding hydrogens is 340 g/mol. The van der Waals surface area contributed by atoms with Crippen LogP contribution in [0.1, 0.15) is 5.56 Å². The Balaban J connectivity index is 1.69. The Morgan fingerprint density at radius 2 is 1.59 bits per heavy atom. The highest BCUT2D eigenvalue weighted by Crippen LogP contribution is 2.44. The molecule has 4 nitrogen and oxygen atoms in total. The van der Waals surface area contributed by atoms with Crippen LogP contribution in [0.3, 0.4) is 0 Å². The fraction of sp³-hybridized carbons (Fsp3) is 0.304. The molecule has 5 rings (SSSR count). The van der Waals surface area contributed by atoms with Gasteiger partial charge in [-0.2, -0.15) is 0 Å². The second kappa shape index (κ2) is 6.64. The van der Waals surface area contributed by atoms with Gasteiger partial charge in [-0.15, -0.1) is 0 Å². The molecule has 0 fully saturated rings. The Bertz CT molecular complexity index is 1040. The maximum absolute atomic E-state index is 6.43. The molecule has 4 heteroatoms. The molecule has 0 spiro atoms. The van der Waals surface area contributed by atoms with E-state index in [0.717, 1.165) is 23.1 Å². The molecule has 0 amide bonds. The van der Waals surface area contributed by atoms with Gasteiger partial charge in [-0.25, -0.2) is 0 Å². The van der Waals surface area contributed by atoms with Gasteiger partial charge in [0.2, 0.25) is 6.29 Å². The number of fused-ring (bicyclic) bond motifs is 7. The van der Waals surface area contributed by atoms with E-state index in [4.69, 9.17) is 18.9 Å². The first-order chi connectivity index (χ1) is 13.3. The fourth-order valence-electron chi connectivity index (χ4n) is 4.29. The first kappa shape index (κ1) is 16.8. The summed E-state index contributed by atoms with van der Waals surface area (Å²) in [5, 5.41) is 4.83. The molecule has 3 aromatic carbocycles. The number of ether oxygens (including phenoxy) is 4. The number of methoxy groups -OCH3 is 2. The van der Waals surface area contributed by atoms with Crippen LogP contribution in [0.2, 0.25) is 0 Å². The van der Waals surface area contributed by atoms with Gasteiger partial charge in [0.05, 0.1) is 6.61 Å². The lowest BCUT2D eigenvalue weighted by atomic mass is 9.89. The molecule has 0 bridgehead atoms. The predicted molar refractivity (Wildman–Crippen MR) is 105 cm³/mol. The Labute approximate surface area is 158 Å². The first-order valence-electron chi connectivity index (χ1n) is 9.27. The number of rotatable bonds is 3. The van der Waals surface area contributed by atoms with Crippen molar-refractivity contribution in [2.45, 2.75) is 24.9 Å². The van der Waals surface area contributed by atoms with Crippen molar-refractivity contribution in [1.29, 1.82) is 0 Å². The molecule has 0 saturated heterocycles. The molecule has 2 heterocycles. The van der Waals surface area contributed by atoms with Gasteiger partial charge in [0, 0.05) is 37.2 Å². The Hall–Kier alpha value is -2.40. The van der Waals surface area contributed by atoms with Crippen LogP contribution < -0.4 is 4.74 Å². The Morgan fingerprint density at radius 3 is 2.30 bits per heavy atom. The third kappa shape index (κ3) is 2.64. The maximum Gasteiger partial charge on any atom is 0.223 e. The van der Waals surface area contributed by atoms with Crippen molar-refractivity contribution in [2.75, 3.05) is 20.8 Å². The lowest BCUT2D eigenvalue weighted by Crippen LogP contribution is -2.45. The molecular formula is C23H22O4. The number of hydrogen-bond donors (Lipinski definition) is 0. The minimum atomic E-state index is -0.395. The monoisotopic (exact) mass is 362 g/mol. The van der Waals surface area contributed by atoms with Crippen LogP contribution in [-0.2, 0) is 20.6 Å². The van der Waals surface area contributed by atoms with Gasteiger partial charge in [0.25, 0.3) is 0 Å². The standard InChI is InChI=1S/C23H22O4/c1-24-13-21-20(25-2)12-14-11-19-17-9-4-3-7-15(17)16-8-5-6-10-18(16)22(19)27-23(14)26-21/h3-10,12,20-21,23H,11,13H2,1-2H3/t20-,21-,23-/m1/s1. The van der Waals surface area contributed by atoms with Crippen molar-refractivity contribution in [2.24, 2.45) is 0 Å². The highest BCUT2D eigenvalue weighted by atomic mass is 16.7. The topological polar surface area (TPSA) is 36.9 Å². The summed E-state index contributed by atoms with van der Waals surface area (Å²) in [5.41, 5.74) is 2.33. The SMILES string of the molecule is COC[C@H]1O[C@@H]2Oc3c(c4ccccc4c4ccccc34)CC2=C[C@H]1OC. The largest absolute Gasteiger partial charge is 0.460 e. The smallest absolute Gasteiger partial charge is 0.223 e. The third-order valence-corrected chi connectivity index (χ3v) is 5.54. The van der Waals surface area contributed by atoms with Crippen molar-refractivity contribution < 1.29 is 18.9 Å². The van der Waals surface area contributed by atoms with Gasteiger partial charge in [0.1, 0.15) is 18.0 Å². The lowest BCUT2D eigenvalue weighted by Gasteiger charge is -2.38. The molecule has 0 aliphatic carbocycles.